The number of hydrogen-bond acceptors (Lipinski definition) is 5. The molecule has 0 aromatic heterocycles. The Hall–Kier alpha value is -0.460. The number of hydrogen-bond donors (Lipinski definition) is 1. The van der Waals surface area contributed by atoms with Crippen molar-refractivity contribution in [3.8, 4) is 0 Å². The molecule has 100 valence electrons. The number of ketones is 1. The second-order valence-electron chi connectivity index (χ2n) is 5.21. The minimum absolute atomic E-state index is 0.0337. The normalized spacial score (nSPS) is 22.4. The van der Waals surface area contributed by atoms with Gasteiger partial charge in [0, 0.05) is 19.5 Å². The van der Waals surface area contributed by atoms with Gasteiger partial charge in [0.25, 0.3) is 0 Å². The summed E-state index contributed by atoms with van der Waals surface area (Å²) >= 11 is 0. The van der Waals surface area contributed by atoms with Gasteiger partial charge in [0.05, 0.1) is 17.1 Å². The summed E-state index contributed by atoms with van der Waals surface area (Å²) in [5.41, 5.74) is 0. The number of ether oxygens (including phenoxy) is 1. The zero-order valence-electron chi connectivity index (χ0n) is 10.7. The van der Waals surface area contributed by atoms with Crippen molar-refractivity contribution in [1.82, 2.24) is 5.32 Å². The minimum atomic E-state index is -3.23. The Labute approximate surface area is 103 Å². The molecule has 0 spiro atoms. The van der Waals surface area contributed by atoms with Crippen LogP contribution in [0.1, 0.15) is 27.2 Å². The third-order valence-electron chi connectivity index (χ3n) is 2.84. The maximum atomic E-state index is 11.8. The molecule has 1 aliphatic heterocycles. The first-order valence-electron chi connectivity index (χ1n) is 5.81. The van der Waals surface area contributed by atoms with E-state index in [1.54, 1.807) is 20.8 Å². The highest BCUT2D eigenvalue weighted by atomic mass is 32.2. The van der Waals surface area contributed by atoms with Crippen LogP contribution in [0.4, 0.5) is 0 Å². The molecule has 0 aromatic rings. The number of Topliss-reactive ketones (excluding diaryl/α,β-unsaturated/α-hetero) is 1. The van der Waals surface area contributed by atoms with E-state index >= 15 is 0 Å². The lowest BCUT2D eigenvalue weighted by Crippen LogP contribution is -2.43. The highest BCUT2D eigenvalue weighted by Gasteiger charge is 2.30. The lowest BCUT2D eigenvalue weighted by Gasteiger charge is -2.23. The van der Waals surface area contributed by atoms with E-state index in [1.165, 1.54) is 0 Å². The van der Waals surface area contributed by atoms with Gasteiger partial charge >= 0.3 is 0 Å². The largest absolute Gasteiger partial charge is 0.368 e. The van der Waals surface area contributed by atoms with Crippen molar-refractivity contribution in [1.29, 1.82) is 0 Å². The first kappa shape index (κ1) is 14.6. The molecule has 1 rings (SSSR count). The Morgan fingerprint density at radius 2 is 2.06 bits per heavy atom. The van der Waals surface area contributed by atoms with E-state index in [9.17, 15) is 13.2 Å². The molecule has 0 radical (unpaired) electrons. The van der Waals surface area contributed by atoms with Crippen LogP contribution in [0.3, 0.4) is 0 Å². The van der Waals surface area contributed by atoms with E-state index in [0.29, 0.717) is 13.2 Å². The van der Waals surface area contributed by atoms with Crippen molar-refractivity contribution in [3.63, 3.8) is 0 Å². The number of carbonyl (C=O) groups is 1. The molecule has 0 amide bonds. The summed E-state index contributed by atoms with van der Waals surface area (Å²) in [6.07, 6.45) is -0.453. The molecular weight excluding hydrogens is 242 g/mol. The molecule has 1 saturated heterocycles. The highest BCUT2D eigenvalue weighted by molar-refractivity contribution is 7.92. The molecule has 1 aliphatic rings. The molecule has 0 aromatic carbocycles. The summed E-state index contributed by atoms with van der Waals surface area (Å²) in [5.74, 6) is -0.236. The third kappa shape index (κ3) is 4.04. The van der Waals surface area contributed by atoms with Gasteiger partial charge in [0.15, 0.2) is 15.6 Å². The number of carbonyl (C=O) groups excluding carboxylic acids is 1. The topological polar surface area (TPSA) is 72.5 Å². The smallest absolute Gasteiger partial charge is 0.163 e. The van der Waals surface area contributed by atoms with Crippen molar-refractivity contribution < 1.29 is 17.9 Å². The fourth-order valence-electron chi connectivity index (χ4n) is 1.47. The number of nitrogens with one attached hydrogen (secondary N) is 1. The molecule has 1 atom stereocenters. The SMILES string of the molecule is CC(C)(C)S(=O)(=O)CCC(=O)C1CNCCO1. The summed E-state index contributed by atoms with van der Waals surface area (Å²) in [7, 11) is -3.23. The van der Waals surface area contributed by atoms with Gasteiger partial charge < -0.3 is 10.1 Å². The second kappa shape index (κ2) is 5.46. The number of sulfone groups is 1. The minimum Gasteiger partial charge on any atom is -0.368 e. The van der Waals surface area contributed by atoms with Gasteiger partial charge in [0.1, 0.15) is 6.10 Å². The molecule has 17 heavy (non-hydrogen) atoms. The molecular formula is C11H21NO4S. The van der Waals surface area contributed by atoms with Crippen molar-refractivity contribution in [2.45, 2.75) is 38.0 Å². The number of rotatable bonds is 4. The number of morpholine rings is 1. The Morgan fingerprint density at radius 1 is 1.41 bits per heavy atom. The van der Waals surface area contributed by atoms with Gasteiger partial charge in [-0.15, -0.1) is 0 Å². The summed E-state index contributed by atoms with van der Waals surface area (Å²) in [6, 6.07) is 0. The molecule has 0 saturated carbocycles. The fourth-order valence-corrected chi connectivity index (χ4v) is 2.56. The van der Waals surface area contributed by atoms with E-state index in [4.69, 9.17) is 4.74 Å². The fraction of sp³-hybridized carbons (Fsp3) is 0.909. The van der Waals surface area contributed by atoms with E-state index < -0.39 is 20.7 Å². The molecule has 1 N–H and O–H groups in total. The monoisotopic (exact) mass is 263 g/mol. The Kier molecular flexibility index (Phi) is 4.69. The standard InChI is InChI=1S/C11H21NO4S/c1-11(2,3)17(14,15)7-4-9(13)10-8-12-5-6-16-10/h10,12H,4-8H2,1-3H3. The zero-order chi connectivity index (χ0) is 13.1. The van der Waals surface area contributed by atoms with Crippen LogP contribution in [0.2, 0.25) is 0 Å². The first-order chi connectivity index (χ1) is 7.74. The van der Waals surface area contributed by atoms with Crippen LogP contribution in [0.5, 0.6) is 0 Å². The average molecular weight is 263 g/mol. The average Bonchev–Trinajstić information content (AvgIpc) is 2.25. The molecule has 6 heteroatoms. The maximum Gasteiger partial charge on any atom is 0.163 e. The lowest BCUT2D eigenvalue weighted by molar-refractivity contribution is -0.131. The predicted octanol–water partition coefficient (Wildman–Crippen LogP) is 0.147. The summed E-state index contributed by atoms with van der Waals surface area (Å²) in [6.45, 7) is 6.66. The van der Waals surface area contributed by atoms with Crippen LogP contribution in [0, 0.1) is 0 Å². The van der Waals surface area contributed by atoms with Crippen LogP contribution in [-0.2, 0) is 19.4 Å². The van der Waals surface area contributed by atoms with E-state index in [0.717, 1.165) is 6.54 Å². The van der Waals surface area contributed by atoms with Gasteiger partial charge in [-0.05, 0) is 20.8 Å². The van der Waals surface area contributed by atoms with Gasteiger partial charge in [0.2, 0.25) is 0 Å². The van der Waals surface area contributed by atoms with Gasteiger partial charge in [-0.25, -0.2) is 8.42 Å². The highest BCUT2D eigenvalue weighted by Crippen LogP contribution is 2.17. The maximum absolute atomic E-state index is 11.8. The van der Waals surface area contributed by atoms with Gasteiger partial charge in [-0.1, -0.05) is 0 Å². The van der Waals surface area contributed by atoms with Crippen molar-refractivity contribution >= 4 is 15.6 Å². The summed E-state index contributed by atoms with van der Waals surface area (Å²) in [5, 5.41) is 3.05. The molecule has 5 nitrogen and oxygen atoms in total. The summed E-state index contributed by atoms with van der Waals surface area (Å²) < 4.78 is 28.1. The Bertz CT molecular complexity index is 363. The Balaban J connectivity index is 2.48. The molecule has 1 heterocycles. The predicted molar refractivity (Wildman–Crippen MR) is 65.8 cm³/mol. The molecule has 1 fully saturated rings. The Morgan fingerprint density at radius 3 is 2.53 bits per heavy atom. The van der Waals surface area contributed by atoms with E-state index in [1.807, 2.05) is 0 Å². The van der Waals surface area contributed by atoms with Crippen LogP contribution < -0.4 is 5.32 Å². The first-order valence-corrected chi connectivity index (χ1v) is 7.46. The van der Waals surface area contributed by atoms with E-state index in [2.05, 4.69) is 5.32 Å². The molecule has 0 aliphatic carbocycles. The third-order valence-corrected chi connectivity index (χ3v) is 5.44. The van der Waals surface area contributed by atoms with Crippen molar-refractivity contribution in [3.05, 3.63) is 0 Å². The molecule has 1 unspecified atom stereocenters. The van der Waals surface area contributed by atoms with Crippen LogP contribution >= 0.6 is 0 Å². The van der Waals surface area contributed by atoms with Gasteiger partial charge in [-0.2, -0.15) is 0 Å². The van der Waals surface area contributed by atoms with Crippen LogP contribution in [-0.4, -0.2) is 50.5 Å². The lowest BCUT2D eigenvalue weighted by atomic mass is 10.1. The zero-order valence-corrected chi connectivity index (χ0v) is 11.5. The van der Waals surface area contributed by atoms with Gasteiger partial charge in [-0.3, -0.25) is 4.79 Å². The summed E-state index contributed by atoms with van der Waals surface area (Å²) in [4.78, 5) is 11.7. The van der Waals surface area contributed by atoms with E-state index in [-0.39, 0.29) is 18.0 Å². The van der Waals surface area contributed by atoms with Crippen molar-refractivity contribution in [2.75, 3.05) is 25.4 Å². The molecule has 0 bridgehead atoms. The quantitative estimate of drug-likeness (QED) is 0.781. The van der Waals surface area contributed by atoms with Crippen LogP contribution in [0.15, 0.2) is 0 Å². The van der Waals surface area contributed by atoms with Crippen molar-refractivity contribution in [2.24, 2.45) is 0 Å². The second-order valence-corrected chi connectivity index (χ2v) is 8.07. The van der Waals surface area contributed by atoms with Crippen LogP contribution in [0.25, 0.3) is 0 Å².